The lowest BCUT2D eigenvalue weighted by molar-refractivity contribution is 0.0905. The Bertz CT molecular complexity index is 394. The fourth-order valence-electron chi connectivity index (χ4n) is 2.46. The van der Waals surface area contributed by atoms with E-state index in [4.69, 9.17) is 16.3 Å². The number of nitrogens with one attached hydrogen (secondary N) is 1. The first-order chi connectivity index (χ1) is 8.72. The molecule has 1 aliphatic rings. The lowest BCUT2D eigenvalue weighted by Crippen LogP contribution is -2.25. The maximum Gasteiger partial charge on any atom is 0.0866 e. The van der Waals surface area contributed by atoms with Gasteiger partial charge in [-0.05, 0) is 43.5 Å². The summed E-state index contributed by atoms with van der Waals surface area (Å²) in [5.74, 6) is 0.565. The molecule has 1 N–H and O–H groups in total. The van der Waals surface area contributed by atoms with Gasteiger partial charge in [-0.2, -0.15) is 0 Å². The molecular formula is C15H22ClNO. The molecule has 1 aromatic carbocycles. The molecule has 100 valence electrons. The van der Waals surface area contributed by atoms with Crippen molar-refractivity contribution in [3.8, 4) is 0 Å². The van der Waals surface area contributed by atoms with Crippen LogP contribution in [0.1, 0.15) is 37.0 Å². The highest BCUT2D eigenvalue weighted by Crippen LogP contribution is 2.35. The number of benzene rings is 1. The van der Waals surface area contributed by atoms with Crippen LogP contribution in [-0.4, -0.2) is 19.7 Å². The molecule has 1 saturated heterocycles. The van der Waals surface area contributed by atoms with Gasteiger partial charge in [0.05, 0.1) is 6.10 Å². The van der Waals surface area contributed by atoms with E-state index in [-0.39, 0.29) is 6.10 Å². The van der Waals surface area contributed by atoms with Crippen LogP contribution in [0.4, 0.5) is 0 Å². The first kappa shape index (κ1) is 13.9. The van der Waals surface area contributed by atoms with Crippen molar-refractivity contribution in [2.75, 3.05) is 19.7 Å². The van der Waals surface area contributed by atoms with Crippen LogP contribution in [0.2, 0.25) is 5.02 Å². The minimum atomic E-state index is 0.201. The number of halogens is 1. The predicted molar refractivity (Wildman–Crippen MR) is 76.1 cm³/mol. The maximum absolute atomic E-state index is 6.20. The SMILES string of the molecule is CCCNCC1CCOC1c1ccc(C)c(Cl)c1. The molecule has 3 heteroatoms. The highest BCUT2D eigenvalue weighted by Gasteiger charge is 2.29. The minimum Gasteiger partial charge on any atom is -0.373 e. The lowest BCUT2D eigenvalue weighted by atomic mass is 9.94. The highest BCUT2D eigenvalue weighted by molar-refractivity contribution is 6.31. The van der Waals surface area contributed by atoms with Crippen molar-refractivity contribution in [2.24, 2.45) is 5.92 Å². The van der Waals surface area contributed by atoms with Gasteiger partial charge in [0.15, 0.2) is 0 Å². The number of ether oxygens (including phenoxy) is 1. The van der Waals surface area contributed by atoms with Gasteiger partial charge in [-0.15, -0.1) is 0 Å². The smallest absolute Gasteiger partial charge is 0.0866 e. The first-order valence-electron chi connectivity index (χ1n) is 6.80. The van der Waals surface area contributed by atoms with Gasteiger partial charge in [-0.1, -0.05) is 30.7 Å². The zero-order valence-corrected chi connectivity index (χ0v) is 12.0. The summed E-state index contributed by atoms with van der Waals surface area (Å²) < 4.78 is 5.88. The molecule has 1 heterocycles. The van der Waals surface area contributed by atoms with E-state index in [9.17, 15) is 0 Å². The van der Waals surface area contributed by atoms with E-state index in [1.807, 2.05) is 6.92 Å². The van der Waals surface area contributed by atoms with E-state index in [1.165, 1.54) is 12.0 Å². The Morgan fingerprint density at radius 3 is 3.00 bits per heavy atom. The molecule has 1 fully saturated rings. The quantitative estimate of drug-likeness (QED) is 0.821. The summed E-state index contributed by atoms with van der Waals surface area (Å²) in [5, 5.41) is 4.33. The molecule has 2 atom stereocenters. The zero-order chi connectivity index (χ0) is 13.0. The van der Waals surface area contributed by atoms with Crippen LogP contribution in [-0.2, 0) is 4.74 Å². The Balaban J connectivity index is 2.03. The third-order valence-corrected chi connectivity index (χ3v) is 3.98. The summed E-state index contributed by atoms with van der Waals surface area (Å²) in [5.41, 5.74) is 2.34. The second-order valence-electron chi connectivity index (χ2n) is 5.05. The van der Waals surface area contributed by atoms with Crippen molar-refractivity contribution in [1.82, 2.24) is 5.32 Å². The summed E-state index contributed by atoms with van der Waals surface area (Å²) >= 11 is 6.20. The van der Waals surface area contributed by atoms with Crippen LogP contribution in [0.5, 0.6) is 0 Å². The molecule has 0 aliphatic carbocycles. The molecule has 2 nitrogen and oxygen atoms in total. The summed E-state index contributed by atoms with van der Waals surface area (Å²) in [4.78, 5) is 0. The van der Waals surface area contributed by atoms with E-state index >= 15 is 0 Å². The van der Waals surface area contributed by atoms with Crippen LogP contribution in [0.25, 0.3) is 0 Å². The van der Waals surface area contributed by atoms with E-state index in [0.29, 0.717) is 5.92 Å². The predicted octanol–water partition coefficient (Wildman–Crippen LogP) is 3.73. The summed E-state index contributed by atoms with van der Waals surface area (Å²) in [6.07, 6.45) is 2.51. The molecule has 2 unspecified atom stereocenters. The van der Waals surface area contributed by atoms with Gasteiger partial charge < -0.3 is 10.1 Å². The Kier molecular flexibility index (Phi) is 5.04. The second kappa shape index (κ2) is 6.55. The van der Waals surface area contributed by atoms with E-state index in [0.717, 1.165) is 36.7 Å². The highest BCUT2D eigenvalue weighted by atomic mass is 35.5. The van der Waals surface area contributed by atoms with Crippen molar-refractivity contribution >= 4 is 11.6 Å². The fourth-order valence-corrected chi connectivity index (χ4v) is 2.65. The van der Waals surface area contributed by atoms with E-state index < -0.39 is 0 Å². The standard InChI is InChI=1S/C15H22ClNO/c1-3-7-17-10-13-6-8-18-15(13)12-5-4-11(2)14(16)9-12/h4-5,9,13,15,17H,3,6-8,10H2,1-2H3. The van der Waals surface area contributed by atoms with E-state index in [2.05, 4.69) is 30.4 Å². The summed E-state index contributed by atoms with van der Waals surface area (Å²) in [6.45, 7) is 7.19. The minimum absolute atomic E-state index is 0.201. The van der Waals surface area contributed by atoms with Gasteiger partial charge in [0, 0.05) is 24.1 Å². The zero-order valence-electron chi connectivity index (χ0n) is 11.2. The molecule has 1 aromatic rings. The van der Waals surface area contributed by atoms with Gasteiger partial charge in [0.25, 0.3) is 0 Å². The molecular weight excluding hydrogens is 246 g/mol. The normalized spacial score (nSPS) is 23.5. The third-order valence-electron chi connectivity index (χ3n) is 3.57. The van der Waals surface area contributed by atoms with Gasteiger partial charge in [-0.3, -0.25) is 0 Å². The monoisotopic (exact) mass is 267 g/mol. The number of hydrogen-bond donors (Lipinski definition) is 1. The molecule has 0 bridgehead atoms. The molecule has 18 heavy (non-hydrogen) atoms. The van der Waals surface area contributed by atoms with Crippen molar-refractivity contribution in [1.29, 1.82) is 0 Å². The molecule has 0 amide bonds. The van der Waals surface area contributed by atoms with Crippen molar-refractivity contribution in [3.63, 3.8) is 0 Å². The number of aryl methyl sites for hydroxylation is 1. The Morgan fingerprint density at radius 2 is 2.28 bits per heavy atom. The molecule has 2 rings (SSSR count). The topological polar surface area (TPSA) is 21.3 Å². The Labute approximate surface area is 115 Å². The molecule has 0 aromatic heterocycles. The van der Waals surface area contributed by atoms with Crippen molar-refractivity contribution < 1.29 is 4.74 Å². The van der Waals surface area contributed by atoms with Crippen LogP contribution in [0, 0.1) is 12.8 Å². The number of rotatable bonds is 5. The summed E-state index contributed by atoms with van der Waals surface area (Å²) in [6, 6.07) is 6.28. The van der Waals surface area contributed by atoms with Gasteiger partial charge >= 0.3 is 0 Å². The largest absolute Gasteiger partial charge is 0.373 e. The average molecular weight is 268 g/mol. The van der Waals surface area contributed by atoms with Gasteiger partial charge in [0.1, 0.15) is 0 Å². The van der Waals surface area contributed by atoms with Gasteiger partial charge in [-0.25, -0.2) is 0 Å². The summed E-state index contributed by atoms with van der Waals surface area (Å²) in [7, 11) is 0. The van der Waals surface area contributed by atoms with Crippen molar-refractivity contribution in [3.05, 3.63) is 34.3 Å². The van der Waals surface area contributed by atoms with Crippen LogP contribution in [0.15, 0.2) is 18.2 Å². The van der Waals surface area contributed by atoms with Crippen LogP contribution < -0.4 is 5.32 Å². The third kappa shape index (κ3) is 3.25. The lowest BCUT2D eigenvalue weighted by Gasteiger charge is -2.20. The van der Waals surface area contributed by atoms with Crippen LogP contribution >= 0.6 is 11.6 Å². The second-order valence-corrected chi connectivity index (χ2v) is 5.46. The molecule has 0 saturated carbocycles. The molecule has 1 aliphatic heterocycles. The van der Waals surface area contributed by atoms with Crippen LogP contribution in [0.3, 0.4) is 0 Å². The molecule has 0 spiro atoms. The first-order valence-corrected chi connectivity index (χ1v) is 7.18. The van der Waals surface area contributed by atoms with E-state index in [1.54, 1.807) is 0 Å². The number of hydrogen-bond acceptors (Lipinski definition) is 2. The average Bonchev–Trinajstić information content (AvgIpc) is 2.81. The molecule has 0 radical (unpaired) electrons. The Morgan fingerprint density at radius 1 is 1.44 bits per heavy atom. The Hall–Kier alpha value is -0.570. The van der Waals surface area contributed by atoms with Gasteiger partial charge in [0.2, 0.25) is 0 Å². The maximum atomic E-state index is 6.20. The fraction of sp³-hybridized carbons (Fsp3) is 0.600. The van der Waals surface area contributed by atoms with Crippen molar-refractivity contribution in [2.45, 2.75) is 32.8 Å².